The number of nitrogens with one attached hydrogen (secondary N) is 2. The van der Waals surface area contributed by atoms with E-state index in [4.69, 9.17) is 0 Å². The zero-order valence-corrected chi connectivity index (χ0v) is 26.4. The number of hydrogen-bond acceptors (Lipinski definition) is 3. The van der Waals surface area contributed by atoms with Crippen molar-refractivity contribution in [1.29, 1.82) is 0 Å². The number of unbranched alkanes of at least 4 members (excludes halogenated alkanes) is 4. The van der Waals surface area contributed by atoms with E-state index in [1.54, 1.807) is 0 Å². The van der Waals surface area contributed by atoms with Gasteiger partial charge in [0.15, 0.2) is 5.78 Å². The summed E-state index contributed by atoms with van der Waals surface area (Å²) in [4.78, 5) is 40.7. The van der Waals surface area contributed by atoms with Crippen LogP contribution >= 0.6 is 0 Å². The van der Waals surface area contributed by atoms with Gasteiger partial charge in [-0.05, 0) is 41.5 Å². The highest BCUT2D eigenvalue weighted by Crippen LogP contribution is 2.37. The van der Waals surface area contributed by atoms with E-state index in [1.807, 2.05) is 121 Å². The highest BCUT2D eigenvalue weighted by atomic mass is 16.2. The molecule has 0 aliphatic heterocycles. The highest BCUT2D eigenvalue weighted by molar-refractivity contribution is 5.93. The fourth-order valence-electron chi connectivity index (χ4n) is 5.91. The van der Waals surface area contributed by atoms with Gasteiger partial charge < -0.3 is 10.6 Å². The fourth-order valence-corrected chi connectivity index (χ4v) is 5.91. The number of rotatable bonds is 18. The molecule has 0 bridgehead atoms. The molecule has 0 saturated heterocycles. The first-order chi connectivity index (χ1) is 22.0. The van der Waals surface area contributed by atoms with Gasteiger partial charge in [-0.2, -0.15) is 0 Å². The third kappa shape index (κ3) is 9.74. The second kappa shape index (κ2) is 17.7. The van der Waals surface area contributed by atoms with Crippen LogP contribution in [0.3, 0.4) is 0 Å². The maximum Gasteiger partial charge on any atom is 0.223 e. The van der Waals surface area contributed by atoms with Crippen molar-refractivity contribution in [2.75, 3.05) is 0 Å². The zero-order chi connectivity index (χ0) is 31.7. The number of amides is 2. The lowest BCUT2D eigenvalue weighted by Gasteiger charge is -2.37. The van der Waals surface area contributed by atoms with Crippen molar-refractivity contribution < 1.29 is 14.4 Å². The van der Waals surface area contributed by atoms with Crippen molar-refractivity contribution >= 4 is 17.6 Å². The van der Waals surface area contributed by atoms with Gasteiger partial charge in [0.05, 0.1) is 12.5 Å². The van der Waals surface area contributed by atoms with Crippen molar-refractivity contribution in [3.05, 3.63) is 144 Å². The summed E-state index contributed by atoms with van der Waals surface area (Å²) >= 11 is 0. The third-order valence-electron chi connectivity index (χ3n) is 8.30. The average Bonchev–Trinajstić information content (AvgIpc) is 3.08. The Hall–Kier alpha value is -4.51. The van der Waals surface area contributed by atoms with Crippen molar-refractivity contribution in [3.8, 4) is 0 Å². The van der Waals surface area contributed by atoms with E-state index < -0.39 is 11.6 Å². The second-order valence-corrected chi connectivity index (χ2v) is 11.7. The maximum atomic E-state index is 14.1. The normalized spacial score (nSPS) is 11.8. The lowest BCUT2D eigenvalue weighted by atomic mass is 9.77. The van der Waals surface area contributed by atoms with Gasteiger partial charge in [-0.25, -0.2) is 0 Å². The van der Waals surface area contributed by atoms with Crippen LogP contribution in [0.5, 0.6) is 0 Å². The van der Waals surface area contributed by atoms with Crippen molar-refractivity contribution in [2.45, 2.75) is 82.7 Å². The fraction of sp³-hybridized carbons (Fsp3) is 0.325. The van der Waals surface area contributed by atoms with Crippen LogP contribution in [0.2, 0.25) is 0 Å². The molecule has 0 spiro atoms. The summed E-state index contributed by atoms with van der Waals surface area (Å²) in [6.45, 7) is 2.16. The molecule has 0 fully saturated rings. The molecule has 0 saturated carbocycles. The van der Waals surface area contributed by atoms with Crippen molar-refractivity contribution in [2.24, 2.45) is 0 Å². The number of carbonyl (C=O) groups is 3. The number of hydrogen-bond donors (Lipinski definition) is 2. The van der Waals surface area contributed by atoms with E-state index in [9.17, 15) is 14.4 Å². The van der Waals surface area contributed by atoms with E-state index in [0.717, 1.165) is 60.8 Å². The van der Waals surface area contributed by atoms with Crippen LogP contribution < -0.4 is 10.6 Å². The SMILES string of the molecule is CCCCCCCC(=O)N[C@H](CC(=O)NC(c1ccccc1)(c1ccccc1)c1ccccc1)C(=O)CCCc1ccccc1. The van der Waals surface area contributed by atoms with E-state index in [0.29, 0.717) is 12.8 Å². The van der Waals surface area contributed by atoms with E-state index in [1.165, 1.54) is 0 Å². The van der Waals surface area contributed by atoms with E-state index in [2.05, 4.69) is 17.6 Å². The molecule has 1 atom stereocenters. The molecule has 45 heavy (non-hydrogen) atoms. The third-order valence-corrected chi connectivity index (χ3v) is 8.30. The van der Waals surface area contributed by atoms with E-state index in [-0.39, 0.29) is 30.4 Å². The minimum absolute atomic E-state index is 0.120. The van der Waals surface area contributed by atoms with Gasteiger partial charge in [-0.3, -0.25) is 14.4 Å². The second-order valence-electron chi connectivity index (χ2n) is 11.7. The molecule has 5 heteroatoms. The Labute approximate surface area is 268 Å². The molecule has 0 heterocycles. The minimum Gasteiger partial charge on any atom is -0.346 e. The first-order valence-corrected chi connectivity index (χ1v) is 16.4. The van der Waals surface area contributed by atoms with Crippen LogP contribution in [0.25, 0.3) is 0 Å². The number of Topliss-reactive ketones (excluding diaryl/α,β-unsaturated/α-hetero) is 1. The molecule has 0 radical (unpaired) electrons. The Bertz CT molecular complexity index is 1360. The summed E-state index contributed by atoms with van der Waals surface area (Å²) in [5.74, 6) is -0.609. The van der Waals surface area contributed by atoms with Gasteiger partial charge in [0, 0.05) is 12.8 Å². The number of ketones is 1. The van der Waals surface area contributed by atoms with Crippen LogP contribution in [0, 0.1) is 0 Å². The Morgan fingerprint density at radius 3 is 1.58 bits per heavy atom. The molecule has 5 nitrogen and oxygen atoms in total. The molecule has 0 unspecified atom stereocenters. The summed E-state index contributed by atoms with van der Waals surface area (Å²) in [7, 11) is 0. The monoisotopic (exact) mass is 602 g/mol. The van der Waals surface area contributed by atoms with Gasteiger partial charge in [0.2, 0.25) is 11.8 Å². The first kappa shape index (κ1) is 33.4. The Balaban J connectivity index is 1.57. The first-order valence-electron chi connectivity index (χ1n) is 16.4. The largest absolute Gasteiger partial charge is 0.346 e. The maximum absolute atomic E-state index is 14.1. The quantitative estimate of drug-likeness (QED) is 0.0897. The lowest BCUT2D eigenvalue weighted by molar-refractivity contribution is -0.131. The van der Waals surface area contributed by atoms with Gasteiger partial charge >= 0.3 is 0 Å². The Kier molecular flexibility index (Phi) is 13.1. The number of carbonyl (C=O) groups excluding carboxylic acids is 3. The molecular weight excluding hydrogens is 556 g/mol. The summed E-state index contributed by atoms with van der Waals surface area (Å²) in [6, 6.07) is 38.8. The van der Waals surface area contributed by atoms with Crippen LogP contribution in [0.1, 0.15) is 87.0 Å². The number of benzene rings is 4. The molecule has 234 valence electrons. The summed E-state index contributed by atoms with van der Waals surface area (Å²) in [6.07, 6.45) is 7.03. The molecule has 2 N–H and O–H groups in total. The van der Waals surface area contributed by atoms with Crippen LogP contribution in [0.4, 0.5) is 0 Å². The Morgan fingerprint density at radius 2 is 1.07 bits per heavy atom. The predicted molar refractivity (Wildman–Crippen MR) is 182 cm³/mol. The summed E-state index contributed by atoms with van der Waals surface area (Å²) in [5.41, 5.74) is 2.87. The topological polar surface area (TPSA) is 75.3 Å². The smallest absolute Gasteiger partial charge is 0.223 e. The van der Waals surface area contributed by atoms with Crippen molar-refractivity contribution in [1.82, 2.24) is 10.6 Å². The zero-order valence-electron chi connectivity index (χ0n) is 26.4. The minimum atomic E-state index is -0.995. The van der Waals surface area contributed by atoms with Gasteiger partial charge in [0.1, 0.15) is 5.54 Å². The highest BCUT2D eigenvalue weighted by Gasteiger charge is 2.38. The standard InChI is InChI=1S/C40H46N2O3/c1-2-3-4-5-18-30-38(44)41-36(37(43)29-19-22-32-20-10-6-11-21-32)31-39(45)42-40(33-23-12-7-13-24-33,34-25-14-8-15-26-34)35-27-16-9-17-28-35/h6-17,20-21,23-28,36H,2-5,18-19,22,29-31H2,1H3,(H,41,44)(H,42,45)/t36-/m1/s1. The lowest BCUT2D eigenvalue weighted by Crippen LogP contribution is -2.51. The van der Waals surface area contributed by atoms with Crippen LogP contribution in [0.15, 0.2) is 121 Å². The molecule has 0 aromatic heterocycles. The molecular formula is C40H46N2O3. The van der Waals surface area contributed by atoms with Crippen LogP contribution in [-0.2, 0) is 26.3 Å². The average molecular weight is 603 g/mol. The molecule has 2 amide bonds. The van der Waals surface area contributed by atoms with Gasteiger partial charge in [0.25, 0.3) is 0 Å². The molecule has 0 aliphatic carbocycles. The van der Waals surface area contributed by atoms with Gasteiger partial charge in [-0.1, -0.05) is 154 Å². The summed E-state index contributed by atoms with van der Waals surface area (Å²) < 4.78 is 0. The molecule has 4 aromatic carbocycles. The van der Waals surface area contributed by atoms with Gasteiger partial charge in [-0.15, -0.1) is 0 Å². The van der Waals surface area contributed by atoms with Crippen molar-refractivity contribution in [3.63, 3.8) is 0 Å². The Morgan fingerprint density at radius 1 is 0.578 bits per heavy atom. The predicted octanol–water partition coefficient (Wildman–Crippen LogP) is 7.92. The summed E-state index contributed by atoms with van der Waals surface area (Å²) in [5, 5.41) is 6.29. The number of aryl methyl sites for hydroxylation is 1. The molecule has 4 aromatic rings. The van der Waals surface area contributed by atoms with E-state index >= 15 is 0 Å². The molecule has 0 aliphatic rings. The molecule has 4 rings (SSSR count). The van der Waals surface area contributed by atoms with Crippen LogP contribution in [-0.4, -0.2) is 23.6 Å².